The average molecular weight is 369 g/mol. The monoisotopic (exact) mass is 369 g/mol. The van der Waals surface area contributed by atoms with E-state index in [1.165, 1.54) is 18.2 Å². The Morgan fingerprint density at radius 2 is 2.00 bits per heavy atom. The Hall–Kier alpha value is -3.22. The maximum atomic E-state index is 13.2. The van der Waals surface area contributed by atoms with Crippen molar-refractivity contribution in [3.8, 4) is 0 Å². The molecule has 0 aliphatic heterocycles. The molecule has 0 bridgehead atoms. The molecule has 1 N–H and O–H groups in total. The van der Waals surface area contributed by atoms with Crippen molar-refractivity contribution in [1.82, 2.24) is 15.1 Å². The third kappa shape index (κ3) is 4.91. The second-order valence-electron chi connectivity index (χ2n) is 6.23. The van der Waals surface area contributed by atoms with Crippen LogP contribution in [0.15, 0.2) is 64.0 Å². The minimum absolute atomic E-state index is 0.110. The summed E-state index contributed by atoms with van der Waals surface area (Å²) in [6.45, 7) is 2.00. The lowest BCUT2D eigenvalue weighted by Crippen LogP contribution is -2.34. The van der Waals surface area contributed by atoms with Gasteiger partial charge in [0.25, 0.3) is 5.56 Å². The SMILES string of the molecule is Cc1ccc(=O)n(CC(=O)NCC[C@@H](c2ccc(F)cc2)c2ccco2)n1. The number of furan rings is 1. The van der Waals surface area contributed by atoms with Crippen molar-refractivity contribution < 1.29 is 13.6 Å². The predicted octanol–water partition coefficient (Wildman–Crippen LogP) is 2.62. The molecular formula is C20H20FN3O3. The fourth-order valence-corrected chi connectivity index (χ4v) is 2.87. The van der Waals surface area contributed by atoms with Crippen LogP contribution in [-0.2, 0) is 11.3 Å². The number of hydrogen-bond donors (Lipinski definition) is 1. The number of hydrogen-bond acceptors (Lipinski definition) is 4. The number of aryl methyl sites for hydroxylation is 1. The lowest BCUT2D eigenvalue weighted by molar-refractivity contribution is -0.121. The van der Waals surface area contributed by atoms with Gasteiger partial charge in [0, 0.05) is 18.5 Å². The summed E-state index contributed by atoms with van der Waals surface area (Å²) >= 11 is 0. The van der Waals surface area contributed by atoms with Crippen molar-refractivity contribution in [3.05, 3.63) is 88.0 Å². The van der Waals surface area contributed by atoms with E-state index < -0.39 is 0 Å². The average Bonchev–Trinajstić information content (AvgIpc) is 3.17. The summed E-state index contributed by atoms with van der Waals surface area (Å²) in [5, 5.41) is 6.84. The number of halogens is 1. The second kappa shape index (κ2) is 8.44. The van der Waals surface area contributed by atoms with Crippen molar-refractivity contribution in [2.75, 3.05) is 6.54 Å². The summed E-state index contributed by atoms with van der Waals surface area (Å²) in [6.07, 6.45) is 2.15. The molecule has 7 heteroatoms. The van der Waals surface area contributed by atoms with E-state index in [0.29, 0.717) is 18.7 Å². The number of benzene rings is 1. The minimum atomic E-state index is -0.324. The normalized spacial score (nSPS) is 11.9. The van der Waals surface area contributed by atoms with E-state index in [2.05, 4.69) is 10.4 Å². The van der Waals surface area contributed by atoms with Gasteiger partial charge in [0.1, 0.15) is 18.1 Å². The summed E-state index contributed by atoms with van der Waals surface area (Å²) in [5.74, 6) is 0.0296. The lowest BCUT2D eigenvalue weighted by Gasteiger charge is -2.16. The van der Waals surface area contributed by atoms with E-state index in [-0.39, 0.29) is 29.7 Å². The maximum absolute atomic E-state index is 13.2. The molecule has 27 heavy (non-hydrogen) atoms. The van der Waals surface area contributed by atoms with Crippen molar-refractivity contribution in [3.63, 3.8) is 0 Å². The number of nitrogens with zero attached hydrogens (tertiary/aromatic N) is 2. The Morgan fingerprint density at radius 3 is 2.70 bits per heavy atom. The number of rotatable bonds is 7. The van der Waals surface area contributed by atoms with E-state index in [1.807, 2.05) is 6.07 Å². The highest BCUT2D eigenvalue weighted by Crippen LogP contribution is 2.28. The predicted molar refractivity (Wildman–Crippen MR) is 97.8 cm³/mol. The summed E-state index contributed by atoms with van der Waals surface area (Å²) in [5.41, 5.74) is 1.24. The number of nitrogens with one attached hydrogen (secondary N) is 1. The zero-order valence-electron chi connectivity index (χ0n) is 14.9. The van der Waals surface area contributed by atoms with Crippen LogP contribution in [0.25, 0.3) is 0 Å². The van der Waals surface area contributed by atoms with Crippen LogP contribution < -0.4 is 10.9 Å². The van der Waals surface area contributed by atoms with Gasteiger partial charge in [-0.25, -0.2) is 9.07 Å². The molecule has 0 aliphatic carbocycles. The standard InChI is InChI=1S/C20H20FN3O3/c1-14-4-9-20(26)24(23-14)13-19(25)22-11-10-17(18-3-2-12-27-18)15-5-7-16(21)8-6-15/h2-9,12,17H,10-11,13H2,1H3,(H,22,25)/t17-/m0/s1. The molecule has 1 amide bonds. The molecule has 0 aliphatic rings. The van der Waals surface area contributed by atoms with Crippen LogP contribution in [0.4, 0.5) is 4.39 Å². The Kier molecular flexibility index (Phi) is 5.80. The molecule has 0 radical (unpaired) electrons. The smallest absolute Gasteiger partial charge is 0.267 e. The van der Waals surface area contributed by atoms with Gasteiger partial charge >= 0.3 is 0 Å². The Bertz CT molecular complexity index is 949. The van der Waals surface area contributed by atoms with Crippen LogP contribution in [0.2, 0.25) is 0 Å². The second-order valence-corrected chi connectivity index (χ2v) is 6.23. The molecule has 0 fully saturated rings. The number of carbonyl (C=O) groups excluding carboxylic acids is 1. The van der Waals surface area contributed by atoms with E-state index in [1.54, 1.807) is 37.5 Å². The topological polar surface area (TPSA) is 77.1 Å². The zero-order valence-corrected chi connectivity index (χ0v) is 14.9. The Labute approximate surface area is 155 Å². The fraction of sp³-hybridized carbons (Fsp3) is 0.250. The molecule has 0 saturated carbocycles. The van der Waals surface area contributed by atoms with Crippen LogP contribution in [0.5, 0.6) is 0 Å². The largest absolute Gasteiger partial charge is 0.469 e. The molecule has 0 unspecified atom stereocenters. The van der Waals surface area contributed by atoms with Gasteiger partial charge in [0.15, 0.2) is 0 Å². The molecule has 6 nitrogen and oxygen atoms in total. The molecule has 3 aromatic rings. The van der Waals surface area contributed by atoms with E-state index in [0.717, 1.165) is 16.0 Å². The highest BCUT2D eigenvalue weighted by molar-refractivity contribution is 5.75. The Morgan fingerprint density at radius 1 is 1.22 bits per heavy atom. The molecular weight excluding hydrogens is 349 g/mol. The first-order chi connectivity index (χ1) is 13.0. The van der Waals surface area contributed by atoms with E-state index in [4.69, 9.17) is 4.42 Å². The minimum Gasteiger partial charge on any atom is -0.469 e. The summed E-state index contributed by atoms with van der Waals surface area (Å²) in [6, 6.07) is 12.9. The van der Waals surface area contributed by atoms with Crippen LogP contribution in [0.1, 0.15) is 29.4 Å². The van der Waals surface area contributed by atoms with Crippen LogP contribution in [0.3, 0.4) is 0 Å². The summed E-state index contributed by atoms with van der Waals surface area (Å²) in [4.78, 5) is 23.9. The molecule has 0 spiro atoms. The summed E-state index contributed by atoms with van der Waals surface area (Å²) in [7, 11) is 0. The van der Waals surface area contributed by atoms with Gasteiger partial charge in [0.05, 0.1) is 12.0 Å². The van der Waals surface area contributed by atoms with Gasteiger partial charge in [-0.1, -0.05) is 12.1 Å². The van der Waals surface area contributed by atoms with Crippen molar-refractivity contribution in [1.29, 1.82) is 0 Å². The first-order valence-electron chi connectivity index (χ1n) is 8.63. The van der Waals surface area contributed by atoms with Crippen molar-refractivity contribution in [2.45, 2.75) is 25.8 Å². The third-order valence-electron chi connectivity index (χ3n) is 4.21. The van der Waals surface area contributed by atoms with Gasteiger partial charge in [-0.3, -0.25) is 9.59 Å². The molecule has 3 rings (SSSR count). The van der Waals surface area contributed by atoms with Crippen LogP contribution in [-0.4, -0.2) is 22.2 Å². The molecule has 1 atom stereocenters. The van der Waals surface area contributed by atoms with Crippen LogP contribution in [0, 0.1) is 12.7 Å². The molecule has 2 heterocycles. The number of aromatic nitrogens is 2. The number of amides is 1. The quantitative estimate of drug-likeness (QED) is 0.695. The first-order valence-corrected chi connectivity index (χ1v) is 8.63. The van der Waals surface area contributed by atoms with E-state index in [9.17, 15) is 14.0 Å². The summed E-state index contributed by atoms with van der Waals surface area (Å²) < 4.78 is 19.8. The third-order valence-corrected chi connectivity index (χ3v) is 4.21. The van der Waals surface area contributed by atoms with Gasteiger partial charge in [-0.2, -0.15) is 5.10 Å². The molecule has 2 aromatic heterocycles. The van der Waals surface area contributed by atoms with Crippen molar-refractivity contribution in [2.24, 2.45) is 0 Å². The van der Waals surface area contributed by atoms with Gasteiger partial charge in [0.2, 0.25) is 5.91 Å². The zero-order chi connectivity index (χ0) is 19.2. The number of carbonyl (C=O) groups is 1. The van der Waals surface area contributed by atoms with Gasteiger partial charge in [-0.05, 0) is 49.2 Å². The molecule has 1 aromatic carbocycles. The van der Waals surface area contributed by atoms with Crippen LogP contribution >= 0.6 is 0 Å². The van der Waals surface area contributed by atoms with E-state index >= 15 is 0 Å². The lowest BCUT2D eigenvalue weighted by atomic mass is 9.93. The molecule has 0 saturated heterocycles. The first kappa shape index (κ1) is 18.6. The highest BCUT2D eigenvalue weighted by Gasteiger charge is 2.17. The van der Waals surface area contributed by atoms with Crippen molar-refractivity contribution >= 4 is 5.91 Å². The molecule has 140 valence electrons. The Balaban J connectivity index is 1.62. The maximum Gasteiger partial charge on any atom is 0.267 e. The van der Waals surface area contributed by atoms with Gasteiger partial charge < -0.3 is 9.73 Å². The fourth-order valence-electron chi connectivity index (χ4n) is 2.87. The highest BCUT2D eigenvalue weighted by atomic mass is 19.1. The van der Waals surface area contributed by atoms with Gasteiger partial charge in [-0.15, -0.1) is 0 Å².